The fraction of sp³-hybridized carbons (Fsp3) is 0.0625. The van der Waals surface area contributed by atoms with Gasteiger partial charge in [-0.15, -0.1) is 0 Å². The minimum atomic E-state index is -0.729. The maximum atomic E-state index is 12.8. The molecule has 3 rings (SSSR count). The summed E-state index contributed by atoms with van der Waals surface area (Å²) in [6.07, 6.45) is -0.729. The zero-order valence-electron chi connectivity index (χ0n) is 11.9. The number of benzene rings is 2. The number of hydrogen-bond donors (Lipinski definition) is 2. The molecule has 0 radical (unpaired) electrons. The Bertz CT molecular complexity index is 906. The van der Waals surface area contributed by atoms with Crippen LogP contribution in [-0.4, -0.2) is 16.1 Å². The summed E-state index contributed by atoms with van der Waals surface area (Å²) in [5.74, 6) is 0.101. The van der Waals surface area contributed by atoms with Crippen molar-refractivity contribution in [3.63, 3.8) is 0 Å². The fourth-order valence-corrected chi connectivity index (χ4v) is 2.02. The molecule has 116 valence electrons. The number of aromatic nitrogens is 2. The highest BCUT2D eigenvalue weighted by Gasteiger charge is 2.07. The van der Waals surface area contributed by atoms with Gasteiger partial charge in [0.25, 0.3) is 5.56 Å². The van der Waals surface area contributed by atoms with E-state index in [4.69, 9.17) is 4.74 Å². The van der Waals surface area contributed by atoms with E-state index in [2.05, 4.69) is 15.3 Å². The van der Waals surface area contributed by atoms with E-state index in [1.807, 2.05) is 0 Å². The van der Waals surface area contributed by atoms with Gasteiger partial charge in [-0.05, 0) is 36.4 Å². The molecule has 23 heavy (non-hydrogen) atoms. The van der Waals surface area contributed by atoms with Crippen LogP contribution in [0.1, 0.15) is 5.82 Å². The maximum absolute atomic E-state index is 12.8. The number of ether oxygens (including phenoxy) is 1. The Labute approximate surface area is 129 Å². The number of carbonyl (C=O) groups excluding carboxylic acids is 1. The summed E-state index contributed by atoms with van der Waals surface area (Å²) in [4.78, 5) is 30.4. The third-order valence-corrected chi connectivity index (χ3v) is 3.09. The maximum Gasteiger partial charge on any atom is 0.412 e. The summed E-state index contributed by atoms with van der Waals surface area (Å²) >= 11 is 0. The molecule has 0 spiro atoms. The van der Waals surface area contributed by atoms with Gasteiger partial charge in [0, 0.05) is 0 Å². The van der Waals surface area contributed by atoms with E-state index in [-0.39, 0.29) is 17.9 Å². The summed E-state index contributed by atoms with van der Waals surface area (Å²) in [6.45, 7) is 0.000101. The summed E-state index contributed by atoms with van der Waals surface area (Å²) in [7, 11) is 0. The van der Waals surface area contributed by atoms with Crippen molar-refractivity contribution >= 4 is 17.0 Å². The SMILES string of the molecule is O=C(NCc1nc2ccccc2c(=O)[nH]1)Oc1ccc(F)cc1. The van der Waals surface area contributed by atoms with Crippen molar-refractivity contribution in [1.29, 1.82) is 0 Å². The topological polar surface area (TPSA) is 84.1 Å². The first-order chi connectivity index (χ1) is 11.1. The molecule has 0 aliphatic carbocycles. The lowest BCUT2D eigenvalue weighted by Gasteiger charge is -2.07. The lowest BCUT2D eigenvalue weighted by atomic mass is 10.2. The van der Waals surface area contributed by atoms with Crippen LogP contribution in [-0.2, 0) is 6.54 Å². The van der Waals surface area contributed by atoms with Gasteiger partial charge in [-0.25, -0.2) is 14.2 Å². The Morgan fingerprint density at radius 3 is 2.70 bits per heavy atom. The quantitative estimate of drug-likeness (QED) is 0.777. The molecule has 2 aromatic carbocycles. The molecule has 1 aromatic heterocycles. The van der Waals surface area contributed by atoms with E-state index in [1.165, 1.54) is 24.3 Å². The standard InChI is InChI=1S/C16H12FN3O3/c17-10-5-7-11(8-6-10)23-16(22)18-9-14-19-13-4-2-1-3-12(13)15(21)20-14/h1-8H,9H2,(H,18,22)(H,19,20,21). The highest BCUT2D eigenvalue weighted by molar-refractivity contribution is 5.77. The molecule has 2 N–H and O–H groups in total. The summed E-state index contributed by atoms with van der Waals surface area (Å²) in [6, 6.07) is 11.9. The van der Waals surface area contributed by atoms with E-state index >= 15 is 0 Å². The number of halogens is 1. The van der Waals surface area contributed by atoms with Crippen molar-refractivity contribution in [2.45, 2.75) is 6.54 Å². The molecule has 0 aliphatic rings. The zero-order valence-corrected chi connectivity index (χ0v) is 11.9. The Morgan fingerprint density at radius 1 is 1.17 bits per heavy atom. The van der Waals surface area contributed by atoms with Crippen molar-refractivity contribution < 1.29 is 13.9 Å². The van der Waals surface area contributed by atoms with Gasteiger partial charge in [0.1, 0.15) is 17.4 Å². The van der Waals surface area contributed by atoms with Crippen LogP contribution in [0.25, 0.3) is 10.9 Å². The molecular formula is C16H12FN3O3. The molecule has 3 aromatic rings. The highest BCUT2D eigenvalue weighted by atomic mass is 19.1. The summed E-state index contributed by atoms with van der Waals surface area (Å²) in [5.41, 5.74) is 0.263. The molecule has 7 heteroatoms. The zero-order chi connectivity index (χ0) is 16.2. The van der Waals surface area contributed by atoms with Crippen LogP contribution in [0.3, 0.4) is 0 Å². The molecule has 1 heterocycles. The monoisotopic (exact) mass is 313 g/mol. The average molecular weight is 313 g/mol. The van der Waals surface area contributed by atoms with E-state index in [0.29, 0.717) is 16.7 Å². The molecule has 1 amide bonds. The van der Waals surface area contributed by atoms with Crippen LogP contribution < -0.4 is 15.6 Å². The van der Waals surface area contributed by atoms with Crippen molar-refractivity contribution in [2.24, 2.45) is 0 Å². The molecule has 0 saturated carbocycles. The molecule has 0 saturated heterocycles. The minimum Gasteiger partial charge on any atom is -0.410 e. The van der Waals surface area contributed by atoms with Crippen LogP contribution in [0.15, 0.2) is 53.3 Å². The Kier molecular flexibility index (Phi) is 4.01. The number of amides is 1. The first kappa shape index (κ1) is 14.7. The Hall–Kier alpha value is -3.22. The summed E-state index contributed by atoms with van der Waals surface area (Å²) in [5, 5.41) is 2.94. The van der Waals surface area contributed by atoms with Gasteiger partial charge in [0.2, 0.25) is 0 Å². The van der Waals surface area contributed by atoms with E-state index in [1.54, 1.807) is 24.3 Å². The third-order valence-electron chi connectivity index (χ3n) is 3.09. The predicted octanol–water partition coefficient (Wildman–Crippen LogP) is 2.35. The fourth-order valence-electron chi connectivity index (χ4n) is 2.02. The number of nitrogens with zero attached hydrogens (tertiary/aromatic N) is 1. The van der Waals surface area contributed by atoms with Crippen LogP contribution in [0.4, 0.5) is 9.18 Å². The van der Waals surface area contributed by atoms with Crippen molar-refractivity contribution in [3.8, 4) is 5.75 Å². The first-order valence-corrected chi connectivity index (χ1v) is 6.81. The van der Waals surface area contributed by atoms with Gasteiger partial charge < -0.3 is 15.0 Å². The molecule has 6 nitrogen and oxygen atoms in total. The number of hydrogen-bond acceptors (Lipinski definition) is 4. The number of H-pyrrole nitrogens is 1. The van der Waals surface area contributed by atoms with E-state index in [9.17, 15) is 14.0 Å². The number of fused-ring (bicyclic) bond motifs is 1. The van der Waals surface area contributed by atoms with E-state index < -0.39 is 11.9 Å². The second-order valence-electron chi connectivity index (χ2n) is 4.73. The molecular weight excluding hydrogens is 301 g/mol. The molecule has 0 fully saturated rings. The number of nitrogens with one attached hydrogen (secondary N) is 2. The number of rotatable bonds is 3. The van der Waals surface area contributed by atoms with Gasteiger partial charge in [0.05, 0.1) is 17.4 Å². The smallest absolute Gasteiger partial charge is 0.410 e. The van der Waals surface area contributed by atoms with Gasteiger partial charge in [-0.2, -0.15) is 0 Å². The number of carbonyl (C=O) groups is 1. The second kappa shape index (κ2) is 6.27. The van der Waals surface area contributed by atoms with Crippen LogP contribution in [0.5, 0.6) is 5.75 Å². The molecule has 0 unspecified atom stereocenters. The minimum absolute atomic E-state index is 0.000101. The van der Waals surface area contributed by atoms with Crippen molar-refractivity contribution in [3.05, 3.63) is 70.5 Å². The molecule has 0 bridgehead atoms. The second-order valence-corrected chi connectivity index (χ2v) is 4.73. The van der Waals surface area contributed by atoms with E-state index in [0.717, 1.165) is 0 Å². The van der Waals surface area contributed by atoms with Gasteiger partial charge in [-0.1, -0.05) is 12.1 Å². The predicted molar refractivity (Wildman–Crippen MR) is 81.6 cm³/mol. The van der Waals surface area contributed by atoms with Crippen LogP contribution >= 0.6 is 0 Å². The van der Waals surface area contributed by atoms with Gasteiger partial charge in [0.15, 0.2) is 0 Å². The normalized spacial score (nSPS) is 10.5. The van der Waals surface area contributed by atoms with Gasteiger partial charge >= 0.3 is 6.09 Å². The van der Waals surface area contributed by atoms with Crippen molar-refractivity contribution in [1.82, 2.24) is 15.3 Å². The largest absolute Gasteiger partial charge is 0.412 e. The lowest BCUT2D eigenvalue weighted by molar-refractivity contribution is 0.199. The van der Waals surface area contributed by atoms with Crippen LogP contribution in [0, 0.1) is 5.82 Å². The highest BCUT2D eigenvalue weighted by Crippen LogP contribution is 2.11. The van der Waals surface area contributed by atoms with Crippen LogP contribution in [0.2, 0.25) is 0 Å². The summed E-state index contributed by atoms with van der Waals surface area (Å²) < 4.78 is 17.7. The molecule has 0 atom stereocenters. The van der Waals surface area contributed by atoms with Crippen molar-refractivity contribution in [2.75, 3.05) is 0 Å². The van der Waals surface area contributed by atoms with Gasteiger partial charge in [-0.3, -0.25) is 4.79 Å². The lowest BCUT2D eigenvalue weighted by Crippen LogP contribution is -2.28. The first-order valence-electron chi connectivity index (χ1n) is 6.81. The molecule has 0 aliphatic heterocycles. The Balaban J connectivity index is 1.67. The third kappa shape index (κ3) is 3.52. The average Bonchev–Trinajstić information content (AvgIpc) is 2.55. The number of para-hydroxylation sites is 1. The number of aromatic amines is 1. The Morgan fingerprint density at radius 2 is 1.91 bits per heavy atom.